The van der Waals surface area contributed by atoms with Crippen LogP contribution in [0, 0.1) is 6.92 Å². The van der Waals surface area contributed by atoms with Crippen LogP contribution in [0.2, 0.25) is 0 Å². The Bertz CT molecular complexity index is 719. The lowest BCUT2D eigenvalue weighted by molar-refractivity contribution is -0.119. The third-order valence-corrected chi connectivity index (χ3v) is 3.99. The molecule has 0 fully saturated rings. The van der Waals surface area contributed by atoms with E-state index in [9.17, 15) is 9.59 Å². The van der Waals surface area contributed by atoms with Crippen LogP contribution in [0.25, 0.3) is 0 Å². The van der Waals surface area contributed by atoms with Crippen LogP contribution < -0.4 is 10.1 Å². The normalized spacial score (nSPS) is 11.6. The van der Waals surface area contributed by atoms with E-state index in [1.807, 2.05) is 31.2 Å². The van der Waals surface area contributed by atoms with Crippen molar-refractivity contribution in [3.05, 3.63) is 35.7 Å². The summed E-state index contributed by atoms with van der Waals surface area (Å²) in [5, 5.41) is 8.73. The van der Waals surface area contributed by atoms with E-state index in [-0.39, 0.29) is 6.61 Å². The first-order chi connectivity index (χ1) is 11.5. The number of nitrogens with zero attached hydrogens (tertiary/aromatic N) is 2. The van der Waals surface area contributed by atoms with Gasteiger partial charge in [0.25, 0.3) is 0 Å². The summed E-state index contributed by atoms with van der Waals surface area (Å²) in [4.78, 5) is 27.0. The van der Waals surface area contributed by atoms with Gasteiger partial charge in [-0.3, -0.25) is 15.2 Å². The van der Waals surface area contributed by atoms with Gasteiger partial charge >= 0.3 is 6.09 Å². The Labute approximate surface area is 143 Å². The maximum atomic E-state index is 11.7. The fourth-order valence-corrected chi connectivity index (χ4v) is 2.47. The molecular formula is C15H18N4O4S. The topological polar surface area (TPSA) is 106 Å². The van der Waals surface area contributed by atoms with Crippen molar-refractivity contribution in [2.75, 3.05) is 7.11 Å². The molecule has 8 nitrogen and oxygen atoms in total. The number of amides is 2. The Morgan fingerprint density at radius 3 is 2.83 bits per heavy atom. The van der Waals surface area contributed by atoms with Crippen molar-refractivity contribution in [1.82, 2.24) is 20.5 Å². The Morgan fingerprint density at radius 2 is 2.12 bits per heavy atom. The third-order valence-electron chi connectivity index (χ3n) is 3.03. The number of carbonyl (C=O) groups excluding carboxylic acids is 2. The molecule has 0 saturated heterocycles. The molecule has 0 aliphatic heterocycles. The van der Waals surface area contributed by atoms with Gasteiger partial charge < -0.3 is 9.47 Å². The van der Waals surface area contributed by atoms with Gasteiger partial charge in [0.1, 0.15) is 12.4 Å². The second-order valence-corrected chi connectivity index (χ2v) is 6.17. The lowest BCUT2D eigenvalue weighted by Crippen LogP contribution is -2.35. The van der Waals surface area contributed by atoms with Crippen molar-refractivity contribution in [2.24, 2.45) is 0 Å². The molecule has 2 aromatic rings. The van der Waals surface area contributed by atoms with Gasteiger partial charge in [-0.25, -0.2) is 9.78 Å². The van der Waals surface area contributed by atoms with Crippen LogP contribution in [0.15, 0.2) is 29.4 Å². The zero-order chi connectivity index (χ0) is 17.5. The highest BCUT2D eigenvalue weighted by molar-refractivity contribution is 8.00. The highest BCUT2D eigenvalue weighted by Crippen LogP contribution is 2.20. The lowest BCUT2D eigenvalue weighted by atomic mass is 10.2. The molecule has 1 heterocycles. The van der Waals surface area contributed by atoms with Crippen LogP contribution >= 0.6 is 11.8 Å². The van der Waals surface area contributed by atoms with E-state index >= 15 is 0 Å². The fourth-order valence-electron chi connectivity index (χ4n) is 1.72. The van der Waals surface area contributed by atoms with E-state index in [0.29, 0.717) is 11.0 Å². The first-order valence-electron chi connectivity index (χ1n) is 7.14. The molecule has 1 aromatic heterocycles. The van der Waals surface area contributed by atoms with E-state index in [2.05, 4.69) is 25.2 Å². The van der Waals surface area contributed by atoms with E-state index in [1.54, 1.807) is 6.92 Å². The number of carbonyl (C=O) groups is 2. The smallest absolute Gasteiger partial charge is 0.413 e. The summed E-state index contributed by atoms with van der Waals surface area (Å²) in [6, 6.07) is 7.66. The summed E-state index contributed by atoms with van der Waals surface area (Å²) < 4.78 is 10.0. The predicted octanol–water partition coefficient (Wildman–Crippen LogP) is 2.06. The van der Waals surface area contributed by atoms with Crippen molar-refractivity contribution in [2.45, 2.75) is 30.9 Å². The number of thioether (sulfide) groups is 1. The maximum Gasteiger partial charge on any atom is 0.413 e. The van der Waals surface area contributed by atoms with Gasteiger partial charge in [0.05, 0.1) is 12.4 Å². The molecule has 0 spiro atoms. The molecule has 0 saturated carbocycles. The van der Waals surface area contributed by atoms with Crippen LogP contribution in [0.3, 0.4) is 0 Å². The van der Waals surface area contributed by atoms with Crippen molar-refractivity contribution in [3.8, 4) is 5.75 Å². The molecule has 2 N–H and O–H groups in total. The van der Waals surface area contributed by atoms with Gasteiger partial charge in [-0.2, -0.15) is 0 Å². The monoisotopic (exact) mass is 350 g/mol. The summed E-state index contributed by atoms with van der Waals surface area (Å²) in [5.74, 6) is 0.838. The number of hydrogen-bond acceptors (Lipinski definition) is 7. The minimum Gasteiger partial charge on any atom is -0.485 e. The minimum absolute atomic E-state index is 0.237. The SMILES string of the molecule is COC(=O)NC(=O)[C@H](C)Sc1n[nH]c(COc2ccccc2C)n1. The number of hydrogen-bond donors (Lipinski definition) is 2. The molecule has 0 aliphatic rings. The Balaban J connectivity index is 1.87. The van der Waals surface area contributed by atoms with Gasteiger partial charge in [0.2, 0.25) is 11.1 Å². The Kier molecular flexibility index (Phi) is 6.19. The molecule has 0 radical (unpaired) electrons. The number of imide groups is 1. The van der Waals surface area contributed by atoms with Gasteiger partial charge in [-0.1, -0.05) is 30.0 Å². The predicted molar refractivity (Wildman–Crippen MR) is 87.8 cm³/mol. The summed E-state index contributed by atoms with van der Waals surface area (Å²) >= 11 is 1.12. The van der Waals surface area contributed by atoms with Crippen molar-refractivity contribution < 1.29 is 19.1 Å². The molecule has 1 aromatic carbocycles. The number of nitrogens with one attached hydrogen (secondary N) is 2. The number of para-hydroxylation sites is 1. The number of aromatic nitrogens is 3. The zero-order valence-electron chi connectivity index (χ0n) is 13.5. The minimum atomic E-state index is -0.797. The largest absolute Gasteiger partial charge is 0.485 e. The van der Waals surface area contributed by atoms with Gasteiger partial charge in [0, 0.05) is 0 Å². The average molecular weight is 350 g/mol. The molecule has 2 rings (SSSR count). The number of H-pyrrole nitrogens is 1. The van der Waals surface area contributed by atoms with E-state index in [0.717, 1.165) is 23.1 Å². The van der Waals surface area contributed by atoms with Gasteiger partial charge in [0.15, 0.2) is 5.82 Å². The molecular weight excluding hydrogens is 332 g/mol. The number of aromatic amines is 1. The van der Waals surface area contributed by atoms with Crippen LogP contribution in [-0.2, 0) is 16.1 Å². The first-order valence-corrected chi connectivity index (χ1v) is 8.02. The first kappa shape index (κ1) is 17.8. The van der Waals surface area contributed by atoms with Crippen LogP contribution in [0.4, 0.5) is 4.79 Å². The molecule has 0 unspecified atom stereocenters. The number of alkyl carbamates (subject to hydrolysis) is 1. The standard InChI is InChI=1S/C15H18N4O4S/c1-9-6-4-5-7-11(9)23-8-12-16-14(19-18-12)24-10(2)13(20)17-15(21)22-3/h4-7,10H,8H2,1-3H3,(H,16,18,19)(H,17,20,21)/t10-/m0/s1. The number of methoxy groups -OCH3 is 1. The Hall–Kier alpha value is -2.55. The summed E-state index contributed by atoms with van der Waals surface area (Å²) in [5.41, 5.74) is 1.03. The molecule has 9 heteroatoms. The van der Waals surface area contributed by atoms with Crippen molar-refractivity contribution in [3.63, 3.8) is 0 Å². The number of aryl methyl sites for hydroxylation is 1. The van der Waals surface area contributed by atoms with E-state index < -0.39 is 17.3 Å². The average Bonchev–Trinajstić information content (AvgIpc) is 3.01. The Morgan fingerprint density at radius 1 is 1.38 bits per heavy atom. The zero-order valence-corrected chi connectivity index (χ0v) is 14.3. The van der Waals surface area contributed by atoms with Crippen LogP contribution in [0.1, 0.15) is 18.3 Å². The van der Waals surface area contributed by atoms with Crippen molar-refractivity contribution in [1.29, 1.82) is 0 Å². The van der Waals surface area contributed by atoms with E-state index in [4.69, 9.17) is 4.74 Å². The fraction of sp³-hybridized carbons (Fsp3) is 0.333. The molecule has 24 heavy (non-hydrogen) atoms. The number of ether oxygens (including phenoxy) is 2. The quantitative estimate of drug-likeness (QED) is 0.768. The summed E-state index contributed by atoms with van der Waals surface area (Å²) in [6.45, 7) is 3.84. The number of rotatable bonds is 6. The molecule has 2 amide bonds. The lowest BCUT2D eigenvalue weighted by Gasteiger charge is -2.07. The van der Waals surface area contributed by atoms with Crippen LogP contribution in [0.5, 0.6) is 5.75 Å². The van der Waals surface area contributed by atoms with Crippen LogP contribution in [-0.4, -0.2) is 39.5 Å². The highest BCUT2D eigenvalue weighted by Gasteiger charge is 2.19. The number of benzene rings is 1. The maximum absolute atomic E-state index is 11.7. The van der Waals surface area contributed by atoms with E-state index in [1.165, 1.54) is 7.11 Å². The summed E-state index contributed by atoms with van der Waals surface area (Å²) in [6.07, 6.45) is -0.797. The highest BCUT2D eigenvalue weighted by atomic mass is 32.2. The molecule has 0 aliphatic carbocycles. The second-order valence-electron chi connectivity index (χ2n) is 4.86. The summed E-state index contributed by atoms with van der Waals surface area (Å²) in [7, 11) is 1.19. The molecule has 1 atom stereocenters. The second kappa shape index (κ2) is 8.34. The third kappa shape index (κ3) is 4.98. The van der Waals surface area contributed by atoms with Gasteiger partial charge in [-0.05, 0) is 25.5 Å². The molecule has 0 bridgehead atoms. The molecule has 128 valence electrons. The van der Waals surface area contributed by atoms with Gasteiger partial charge in [-0.15, -0.1) is 5.10 Å². The van der Waals surface area contributed by atoms with Crippen molar-refractivity contribution >= 4 is 23.8 Å².